The molecule has 2 unspecified atom stereocenters. The minimum Gasteiger partial charge on any atom is -0.432 e. The van der Waals surface area contributed by atoms with Crippen LogP contribution in [0.3, 0.4) is 0 Å². The number of nitrogens with one attached hydrogen (secondary N) is 1. The third-order valence-electron chi connectivity index (χ3n) is 1.28. The van der Waals surface area contributed by atoms with Crippen molar-refractivity contribution in [2.75, 3.05) is 0 Å². The van der Waals surface area contributed by atoms with Crippen molar-refractivity contribution in [3.8, 4) is 6.01 Å². The number of hydrogen-bond donors (Lipinski definition) is 1. The van der Waals surface area contributed by atoms with Crippen molar-refractivity contribution in [3.63, 3.8) is 0 Å². The van der Waals surface area contributed by atoms with Gasteiger partial charge in [-0.05, 0) is 0 Å². The largest absolute Gasteiger partial charge is 0.432 e. The SMILES string of the molecule is [B]C(F)(P)Oc1n[nH]c(C(C)C)n1. The molecule has 0 aliphatic carbocycles. The molecule has 0 saturated heterocycles. The summed E-state index contributed by atoms with van der Waals surface area (Å²) < 4.78 is 17.3. The van der Waals surface area contributed by atoms with Gasteiger partial charge in [0.25, 0.3) is 0 Å². The smallest absolute Gasteiger partial charge is 0.337 e. The molecule has 0 fully saturated rings. The predicted molar refractivity (Wildman–Crippen MR) is 50.4 cm³/mol. The van der Waals surface area contributed by atoms with Gasteiger partial charge in [0.2, 0.25) is 5.50 Å². The van der Waals surface area contributed by atoms with Gasteiger partial charge in [-0.3, -0.25) is 5.10 Å². The second-order valence-electron chi connectivity index (χ2n) is 2.96. The summed E-state index contributed by atoms with van der Waals surface area (Å²) in [4.78, 5) is 3.87. The highest BCUT2D eigenvalue weighted by atomic mass is 31.0. The summed E-state index contributed by atoms with van der Waals surface area (Å²) >= 11 is 0. The molecule has 1 N–H and O–H groups in total. The molecule has 0 aliphatic rings. The molecule has 2 atom stereocenters. The van der Waals surface area contributed by atoms with E-state index in [0.29, 0.717) is 5.82 Å². The van der Waals surface area contributed by atoms with Crippen LogP contribution in [-0.2, 0) is 0 Å². The van der Waals surface area contributed by atoms with Crippen molar-refractivity contribution in [3.05, 3.63) is 5.82 Å². The van der Waals surface area contributed by atoms with Crippen molar-refractivity contribution in [1.29, 1.82) is 0 Å². The Kier molecular flexibility index (Phi) is 2.91. The first-order chi connectivity index (χ1) is 5.88. The zero-order chi connectivity index (χ0) is 10.1. The van der Waals surface area contributed by atoms with Gasteiger partial charge in [0.15, 0.2) is 7.85 Å². The minimum atomic E-state index is -2.32. The number of halogens is 1. The van der Waals surface area contributed by atoms with Gasteiger partial charge < -0.3 is 4.74 Å². The summed E-state index contributed by atoms with van der Waals surface area (Å²) in [6.07, 6.45) is 0. The van der Waals surface area contributed by atoms with Gasteiger partial charge in [0.05, 0.1) is 0 Å². The average molecular weight is 201 g/mol. The number of aromatic nitrogens is 3. The monoisotopic (exact) mass is 201 g/mol. The lowest BCUT2D eigenvalue weighted by Crippen LogP contribution is -2.22. The number of hydrogen-bond acceptors (Lipinski definition) is 3. The Labute approximate surface area is 79.3 Å². The Morgan fingerprint density at radius 1 is 1.69 bits per heavy atom. The molecule has 13 heavy (non-hydrogen) atoms. The molecular weight excluding hydrogens is 191 g/mol. The Balaban J connectivity index is 2.70. The summed E-state index contributed by atoms with van der Waals surface area (Å²) in [6.45, 7) is 3.85. The maximum absolute atomic E-state index is 12.7. The average Bonchev–Trinajstić information content (AvgIpc) is 2.31. The van der Waals surface area contributed by atoms with Crippen LogP contribution >= 0.6 is 9.24 Å². The minimum absolute atomic E-state index is 0.0938. The van der Waals surface area contributed by atoms with Crippen molar-refractivity contribution in [2.24, 2.45) is 0 Å². The molecule has 0 spiro atoms. The van der Waals surface area contributed by atoms with Gasteiger partial charge in [-0.1, -0.05) is 23.1 Å². The van der Waals surface area contributed by atoms with Gasteiger partial charge in [-0.15, -0.1) is 5.10 Å². The second-order valence-corrected chi connectivity index (χ2v) is 3.74. The van der Waals surface area contributed by atoms with Crippen molar-refractivity contribution < 1.29 is 9.13 Å². The van der Waals surface area contributed by atoms with E-state index in [0.717, 1.165) is 0 Å². The third-order valence-corrected chi connectivity index (χ3v) is 1.39. The maximum atomic E-state index is 12.7. The second kappa shape index (κ2) is 3.62. The van der Waals surface area contributed by atoms with Gasteiger partial charge in [0, 0.05) is 5.92 Å². The Morgan fingerprint density at radius 3 is 2.69 bits per heavy atom. The van der Waals surface area contributed by atoms with Crippen molar-refractivity contribution in [2.45, 2.75) is 25.3 Å². The normalized spacial score (nSPS) is 15.8. The molecule has 0 saturated carbocycles. The first-order valence-corrected chi connectivity index (χ1v) is 4.34. The lowest BCUT2D eigenvalue weighted by molar-refractivity contribution is 0.0985. The summed E-state index contributed by atoms with van der Waals surface area (Å²) in [5, 5.41) is 6.24. The maximum Gasteiger partial charge on any atom is 0.337 e. The van der Waals surface area contributed by atoms with Gasteiger partial charge in [-0.2, -0.15) is 4.98 Å². The Morgan fingerprint density at radius 2 is 2.31 bits per heavy atom. The zero-order valence-electron chi connectivity index (χ0n) is 7.41. The number of aromatic amines is 1. The fraction of sp³-hybridized carbons (Fsp3) is 0.667. The van der Waals surface area contributed by atoms with E-state index in [9.17, 15) is 4.39 Å². The van der Waals surface area contributed by atoms with E-state index in [-0.39, 0.29) is 11.9 Å². The van der Waals surface area contributed by atoms with Crippen LogP contribution in [-0.4, -0.2) is 28.5 Å². The van der Waals surface area contributed by atoms with Crippen LogP contribution in [0.4, 0.5) is 4.39 Å². The van der Waals surface area contributed by atoms with Crippen LogP contribution in [0.15, 0.2) is 0 Å². The van der Waals surface area contributed by atoms with E-state index in [1.165, 1.54) is 0 Å². The fourth-order valence-electron chi connectivity index (χ4n) is 0.702. The van der Waals surface area contributed by atoms with Crippen LogP contribution in [0.1, 0.15) is 25.6 Å². The summed E-state index contributed by atoms with van der Waals surface area (Å²) in [6, 6.07) is -0.0938. The standard InChI is InChI=1S/C6H10BFN3OP/c1-3(2)4-9-5(11-10-4)12-6(7,8)13/h3H,13H2,1-2H3,(H,9,10,11). The molecule has 4 nitrogen and oxygen atoms in total. The van der Waals surface area contributed by atoms with Crippen LogP contribution in [0.5, 0.6) is 6.01 Å². The van der Waals surface area contributed by atoms with E-state index in [1.807, 2.05) is 13.8 Å². The highest BCUT2D eigenvalue weighted by molar-refractivity contribution is 7.21. The predicted octanol–water partition coefficient (Wildman–Crippen LogP) is 0.931. The van der Waals surface area contributed by atoms with E-state index in [4.69, 9.17) is 7.85 Å². The lowest BCUT2D eigenvalue weighted by atomic mass is 10.1. The molecule has 7 heteroatoms. The van der Waals surface area contributed by atoms with E-state index >= 15 is 0 Å². The molecule has 1 aromatic heterocycles. The van der Waals surface area contributed by atoms with Crippen molar-refractivity contribution in [1.82, 2.24) is 15.2 Å². The zero-order valence-corrected chi connectivity index (χ0v) is 8.57. The summed E-state index contributed by atoms with van der Waals surface area (Å²) in [5.74, 6) is 0.811. The van der Waals surface area contributed by atoms with Crippen LogP contribution < -0.4 is 4.74 Å². The molecule has 70 valence electrons. The highest BCUT2D eigenvalue weighted by Gasteiger charge is 2.19. The van der Waals surface area contributed by atoms with Gasteiger partial charge in [-0.25, -0.2) is 4.39 Å². The quantitative estimate of drug-likeness (QED) is 0.584. The highest BCUT2D eigenvalue weighted by Crippen LogP contribution is 2.20. The van der Waals surface area contributed by atoms with Crippen LogP contribution in [0, 0.1) is 0 Å². The fourth-order valence-corrected chi connectivity index (χ4v) is 0.807. The van der Waals surface area contributed by atoms with Crippen LogP contribution in [0.2, 0.25) is 0 Å². The third kappa shape index (κ3) is 3.31. The molecule has 1 aromatic rings. The number of rotatable bonds is 3. The molecule has 0 aliphatic heterocycles. The van der Waals surface area contributed by atoms with E-state index in [1.54, 1.807) is 9.24 Å². The summed E-state index contributed by atoms with van der Waals surface area (Å²) in [5.41, 5.74) is -2.32. The van der Waals surface area contributed by atoms with Crippen molar-refractivity contribution >= 4 is 17.1 Å². The Hall–Kier alpha value is -0.635. The number of H-pyrrole nitrogens is 1. The molecule has 0 amide bonds. The van der Waals surface area contributed by atoms with Gasteiger partial charge >= 0.3 is 6.01 Å². The van der Waals surface area contributed by atoms with Crippen LogP contribution in [0.25, 0.3) is 0 Å². The number of ether oxygens (including phenoxy) is 1. The molecular formula is C6H10BFN3OP. The van der Waals surface area contributed by atoms with E-state index in [2.05, 4.69) is 19.9 Å². The first kappa shape index (κ1) is 10.4. The molecule has 0 aromatic carbocycles. The molecule has 1 heterocycles. The lowest BCUT2D eigenvalue weighted by Gasteiger charge is -2.13. The summed E-state index contributed by atoms with van der Waals surface area (Å²) in [7, 11) is 6.63. The first-order valence-electron chi connectivity index (χ1n) is 3.76. The molecule has 0 bridgehead atoms. The van der Waals surface area contributed by atoms with E-state index < -0.39 is 5.50 Å². The molecule has 1 rings (SSSR count). The Bertz CT molecular complexity index is 286. The molecule has 2 radical (unpaired) electrons. The number of nitrogens with zero attached hydrogens (tertiary/aromatic N) is 2. The topological polar surface area (TPSA) is 50.8 Å². The number of alkyl halides is 1. The van der Waals surface area contributed by atoms with Gasteiger partial charge in [0.1, 0.15) is 5.82 Å².